The van der Waals surface area contributed by atoms with Crippen molar-refractivity contribution in [3.8, 4) is 0 Å². The molecule has 2 aromatic heterocycles. The number of nitrogens with zero attached hydrogens (tertiary/aromatic N) is 2. The van der Waals surface area contributed by atoms with E-state index in [0.717, 1.165) is 20.3 Å². The van der Waals surface area contributed by atoms with E-state index in [-0.39, 0.29) is 0 Å². The number of hydrogen-bond donors (Lipinski definition) is 1. The lowest BCUT2D eigenvalue weighted by Crippen LogP contribution is -2.15. The summed E-state index contributed by atoms with van der Waals surface area (Å²) < 4.78 is 1.14. The third kappa shape index (κ3) is 3.28. The van der Waals surface area contributed by atoms with E-state index in [0.29, 0.717) is 0 Å². The minimum absolute atomic E-state index is 0.440. The summed E-state index contributed by atoms with van der Waals surface area (Å²) in [5.74, 6) is 0. The van der Waals surface area contributed by atoms with Gasteiger partial charge in [-0.3, -0.25) is 0 Å². The van der Waals surface area contributed by atoms with E-state index in [1.54, 1.807) is 24.5 Å². The highest BCUT2D eigenvalue weighted by molar-refractivity contribution is 9.11. The van der Waals surface area contributed by atoms with Gasteiger partial charge in [0.05, 0.1) is 14.8 Å². The molecule has 2 heterocycles. The van der Waals surface area contributed by atoms with Crippen LogP contribution in [0.3, 0.4) is 0 Å². The van der Waals surface area contributed by atoms with Crippen LogP contribution >= 0.6 is 38.6 Å². The molecule has 0 amide bonds. The molecule has 0 aliphatic rings. The summed E-state index contributed by atoms with van der Waals surface area (Å²) in [4.78, 5) is 7.31. The van der Waals surface area contributed by atoms with Gasteiger partial charge in [0, 0.05) is 19.8 Å². The number of anilines is 1. The molecule has 0 saturated heterocycles. The van der Waals surface area contributed by atoms with Gasteiger partial charge in [-0.2, -0.15) is 0 Å². The summed E-state index contributed by atoms with van der Waals surface area (Å²) in [5, 5.41) is 12.5. The molecule has 0 saturated carbocycles. The molecule has 0 radical (unpaired) electrons. The summed E-state index contributed by atoms with van der Waals surface area (Å²) in [6, 6.07) is 2.12. The Hall–Kier alpha value is -0.430. The minimum Gasteiger partial charge on any atom is -0.388 e. The predicted octanol–water partition coefficient (Wildman–Crippen LogP) is 3.66. The van der Waals surface area contributed by atoms with Crippen LogP contribution in [0, 0.1) is 0 Å². The molecule has 92 valence electrons. The second-order valence-corrected chi connectivity index (χ2v) is 7.17. The maximum absolute atomic E-state index is 9.46. The Bertz CT molecular complexity index is 495. The Balaban J connectivity index is 2.06. The fraction of sp³-hybridized carbons (Fsp3) is 0.364. The molecule has 2 aromatic rings. The van der Waals surface area contributed by atoms with E-state index in [1.807, 2.05) is 7.05 Å². The van der Waals surface area contributed by atoms with Crippen molar-refractivity contribution in [3.05, 3.63) is 31.9 Å². The molecule has 0 fully saturated rings. The van der Waals surface area contributed by atoms with Crippen molar-refractivity contribution >= 4 is 43.7 Å². The quantitative estimate of drug-likeness (QED) is 0.928. The van der Waals surface area contributed by atoms with Gasteiger partial charge >= 0.3 is 0 Å². The molecule has 0 aliphatic heterocycles. The molecule has 0 bridgehead atoms. The Kier molecular flexibility index (Phi) is 4.19. The summed E-state index contributed by atoms with van der Waals surface area (Å²) in [6.07, 6.45) is 1.30. The normalized spacial score (nSPS) is 12.7. The molecule has 1 unspecified atom stereocenters. The summed E-state index contributed by atoms with van der Waals surface area (Å²) in [7, 11) is 2.01. The lowest BCUT2D eigenvalue weighted by molar-refractivity contribution is 0.203. The standard InChI is InChI=1S/C11H13BrN2OS2/c1-7(15)9-4-13-11(17-9)14(2)5-8-3-10(12)16-6-8/h3-4,6-7,15H,5H2,1-2H3. The largest absolute Gasteiger partial charge is 0.388 e. The Morgan fingerprint density at radius 3 is 2.88 bits per heavy atom. The molecule has 0 aliphatic carbocycles. The molecule has 1 N–H and O–H groups in total. The van der Waals surface area contributed by atoms with Crippen LogP contribution in [0.2, 0.25) is 0 Å². The highest BCUT2D eigenvalue weighted by Crippen LogP contribution is 2.28. The van der Waals surface area contributed by atoms with Gasteiger partial charge < -0.3 is 10.0 Å². The average Bonchev–Trinajstić information content (AvgIpc) is 2.86. The van der Waals surface area contributed by atoms with Gasteiger partial charge in [0.25, 0.3) is 0 Å². The first-order chi connectivity index (χ1) is 8.06. The van der Waals surface area contributed by atoms with Gasteiger partial charge in [-0.05, 0) is 39.9 Å². The van der Waals surface area contributed by atoms with Crippen LogP contribution in [0.5, 0.6) is 0 Å². The third-order valence-corrected chi connectivity index (χ3v) is 5.13. The minimum atomic E-state index is -0.440. The maximum atomic E-state index is 9.46. The van der Waals surface area contributed by atoms with Gasteiger partial charge in [-0.15, -0.1) is 11.3 Å². The SMILES string of the molecule is CC(O)c1cnc(N(C)Cc2csc(Br)c2)s1. The van der Waals surface area contributed by atoms with Gasteiger partial charge in [0.15, 0.2) is 5.13 Å². The number of aliphatic hydroxyl groups is 1. The zero-order valence-corrected chi connectivity index (χ0v) is 12.8. The van der Waals surface area contributed by atoms with Gasteiger partial charge in [-0.1, -0.05) is 11.3 Å². The van der Waals surface area contributed by atoms with E-state index in [4.69, 9.17) is 0 Å². The van der Waals surface area contributed by atoms with Gasteiger partial charge in [-0.25, -0.2) is 4.98 Å². The number of aromatic nitrogens is 1. The highest BCUT2D eigenvalue weighted by Gasteiger charge is 2.11. The topological polar surface area (TPSA) is 36.4 Å². The lowest BCUT2D eigenvalue weighted by Gasteiger charge is -2.14. The van der Waals surface area contributed by atoms with E-state index in [9.17, 15) is 5.11 Å². The Morgan fingerprint density at radius 2 is 2.35 bits per heavy atom. The summed E-state index contributed by atoms with van der Waals surface area (Å²) in [5.41, 5.74) is 1.26. The van der Waals surface area contributed by atoms with Crippen LogP contribution in [-0.4, -0.2) is 17.1 Å². The number of thiophene rings is 1. The van der Waals surface area contributed by atoms with Crippen LogP contribution in [0.15, 0.2) is 21.4 Å². The molecule has 0 spiro atoms. The maximum Gasteiger partial charge on any atom is 0.185 e. The third-order valence-electron chi connectivity index (χ3n) is 2.29. The fourth-order valence-electron chi connectivity index (χ4n) is 1.42. The number of rotatable bonds is 4. The first-order valence-electron chi connectivity index (χ1n) is 5.14. The smallest absolute Gasteiger partial charge is 0.185 e. The zero-order chi connectivity index (χ0) is 12.4. The average molecular weight is 333 g/mol. The zero-order valence-electron chi connectivity index (χ0n) is 9.55. The molecule has 0 aromatic carbocycles. The van der Waals surface area contributed by atoms with Crippen molar-refractivity contribution in [2.75, 3.05) is 11.9 Å². The van der Waals surface area contributed by atoms with Crippen molar-refractivity contribution < 1.29 is 5.11 Å². The van der Waals surface area contributed by atoms with E-state index >= 15 is 0 Å². The van der Waals surface area contributed by atoms with Gasteiger partial charge in [0.2, 0.25) is 0 Å². The molecular weight excluding hydrogens is 320 g/mol. The van der Waals surface area contributed by atoms with Gasteiger partial charge in [0.1, 0.15) is 0 Å². The fourth-order valence-corrected chi connectivity index (χ4v) is 3.43. The highest BCUT2D eigenvalue weighted by atomic mass is 79.9. The van der Waals surface area contributed by atoms with Crippen LogP contribution in [0.4, 0.5) is 5.13 Å². The summed E-state index contributed by atoms with van der Waals surface area (Å²) in [6.45, 7) is 2.59. The molecule has 6 heteroatoms. The Morgan fingerprint density at radius 1 is 1.59 bits per heavy atom. The van der Waals surface area contributed by atoms with Crippen molar-refractivity contribution in [3.63, 3.8) is 0 Å². The molecule has 2 rings (SSSR count). The number of halogens is 1. The molecule has 3 nitrogen and oxygen atoms in total. The lowest BCUT2D eigenvalue weighted by atomic mass is 10.3. The van der Waals surface area contributed by atoms with Crippen LogP contribution in [-0.2, 0) is 6.54 Å². The van der Waals surface area contributed by atoms with E-state index < -0.39 is 6.10 Å². The number of thiazole rings is 1. The van der Waals surface area contributed by atoms with Crippen LogP contribution in [0.1, 0.15) is 23.5 Å². The second-order valence-electron chi connectivity index (χ2n) is 3.84. The van der Waals surface area contributed by atoms with E-state index in [1.165, 1.54) is 16.9 Å². The van der Waals surface area contributed by atoms with Crippen molar-refractivity contribution in [1.29, 1.82) is 0 Å². The van der Waals surface area contributed by atoms with Crippen molar-refractivity contribution in [2.24, 2.45) is 0 Å². The molecule has 17 heavy (non-hydrogen) atoms. The molecular formula is C11H13BrN2OS2. The molecule has 1 atom stereocenters. The van der Waals surface area contributed by atoms with Crippen molar-refractivity contribution in [2.45, 2.75) is 19.6 Å². The van der Waals surface area contributed by atoms with E-state index in [2.05, 4.69) is 37.3 Å². The monoisotopic (exact) mass is 332 g/mol. The Labute approximate surface area is 117 Å². The summed E-state index contributed by atoms with van der Waals surface area (Å²) >= 11 is 6.67. The van der Waals surface area contributed by atoms with Crippen molar-refractivity contribution in [1.82, 2.24) is 4.98 Å². The number of aliphatic hydroxyl groups excluding tert-OH is 1. The first-order valence-corrected chi connectivity index (χ1v) is 7.63. The number of hydrogen-bond acceptors (Lipinski definition) is 5. The second kappa shape index (κ2) is 5.48. The van der Waals surface area contributed by atoms with Crippen LogP contribution in [0.25, 0.3) is 0 Å². The first kappa shape index (κ1) is 13.0. The van der Waals surface area contributed by atoms with Crippen LogP contribution < -0.4 is 4.90 Å². The predicted molar refractivity (Wildman–Crippen MR) is 76.9 cm³/mol.